The Balaban J connectivity index is 2.02. The number of nitrogens with zero attached hydrogens (tertiary/aromatic N) is 1. The first-order chi connectivity index (χ1) is 9.56. The summed E-state index contributed by atoms with van der Waals surface area (Å²) in [6.07, 6.45) is 2.53. The topological polar surface area (TPSA) is 35.5 Å². The summed E-state index contributed by atoms with van der Waals surface area (Å²) < 4.78 is 0. The fraction of sp³-hybridized carbons (Fsp3) is 0.647. The van der Waals surface area contributed by atoms with Crippen LogP contribution in [0.2, 0.25) is 0 Å². The van der Waals surface area contributed by atoms with Gasteiger partial charge in [-0.15, -0.1) is 0 Å². The summed E-state index contributed by atoms with van der Waals surface area (Å²) in [4.78, 5) is 2.49. The highest BCUT2D eigenvalue weighted by atomic mass is 16.3. The number of phenols is 1. The molecule has 1 heterocycles. The first-order valence-electron chi connectivity index (χ1n) is 7.79. The van der Waals surface area contributed by atoms with Crippen LogP contribution in [0.1, 0.15) is 37.8 Å². The zero-order valence-corrected chi connectivity index (χ0v) is 13.0. The second-order valence-electron chi connectivity index (χ2n) is 6.35. The van der Waals surface area contributed by atoms with E-state index in [0.717, 1.165) is 37.7 Å². The van der Waals surface area contributed by atoms with Crippen LogP contribution >= 0.6 is 0 Å². The number of benzene rings is 1. The van der Waals surface area contributed by atoms with Crippen molar-refractivity contribution in [2.75, 3.05) is 19.6 Å². The normalized spacial score (nSPS) is 17.1. The van der Waals surface area contributed by atoms with Gasteiger partial charge in [0, 0.05) is 24.7 Å². The van der Waals surface area contributed by atoms with E-state index in [0.29, 0.717) is 11.8 Å². The first kappa shape index (κ1) is 15.3. The van der Waals surface area contributed by atoms with E-state index in [9.17, 15) is 5.11 Å². The van der Waals surface area contributed by atoms with E-state index in [1.807, 2.05) is 12.1 Å². The molecule has 0 amide bonds. The summed E-state index contributed by atoms with van der Waals surface area (Å²) in [7, 11) is 0. The van der Waals surface area contributed by atoms with E-state index in [1.54, 1.807) is 0 Å². The predicted molar refractivity (Wildman–Crippen MR) is 84.0 cm³/mol. The minimum atomic E-state index is 0.423. The van der Waals surface area contributed by atoms with Crippen LogP contribution < -0.4 is 5.32 Å². The maximum atomic E-state index is 10.0. The molecule has 2 rings (SSSR count). The van der Waals surface area contributed by atoms with Crippen molar-refractivity contribution >= 4 is 0 Å². The van der Waals surface area contributed by atoms with E-state index in [-0.39, 0.29) is 0 Å². The van der Waals surface area contributed by atoms with Crippen molar-refractivity contribution in [1.82, 2.24) is 10.2 Å². The molecule has 0 bridgehead atoms. The molecular weight excluding hydrogens is 248 g/mol. The average molecular weight is 276 g/mol. The predicted octanol–water partition coefficient (Wildman–Crippen LogP) is 2.91. The van der Waals surface area contributed by atoms with Gasteiger partial charge >= 0.3 is 0 Å². The van der Waals surface area contributed by atoms with Gasteiger partial charge in [-0.2, -0.15) is 0 Å². The third kappa shape index (κ3) is 4.22. The number of rotatable bonds is 5. The van der Waals surface area contributed by atoms with Gasteiger partial charge in [-0.05, 0) is 58.7 Å². The van der Waals surface area contributed by atoms with E-state index < -0.39 is 0 Å². The van der Waals surface area contributed by atoms with Crippen molar-refractivity contribution in [3.63, 3.8) is 0 Å². The van der Waals surface area contributed by atoms with E-state index in [2.05, 4.69) is 37.1 Å². The molecule has 0 spiro atoms. The average Bonchev–Trinajstić information content (AvgIpc) is 2.43. The van der Waals surface area contributed by atoms with Gasteiger partial charge in [0.15, 0.2) is 0 Å². The third-order valence-corrected chi connectivity index (χ3v) is 4.29. The lowest BCUT2D eigenvalue weighted by atomic mass is 9.96. The Labute approximate surface area is 123 Å². The van der Waals surface area contributed by atoms with Crippen molar-refractivity contribution < 1.29 is 5.11 Å². The Morgan fingerprint density at radius 2 is 2.00 bits per heavy atom. The molecule has 2 N–H and O–H groups in total. The third-order valence-electron chi connectivity index (χ3n) is 4.29. The molecule has 0 unspecified atom stereocenters. The smallest absolute Gasteiger partial charge is 0.120 e. The number of nitrogens with one attached hydrogen (secondary N) is 1. The van der Waals surface area contributed by atoms with Crippen molar-refractivity contribution in [1.29, 1.82) is 0 Å². The number of piperidine rings is 1. The van der Waals surface area contributed by atoms with Gasteiger partial charge < -0.3 is 10.4 Å². The second-order valence-corrected chi connectivity index (χ2v) is 6.35. The van der Waals surface area contributed by atoms with Crippen LogP contribution in [-0.4, -0.2) is 35.7 Å². The second kappa shape index (κ2) is 7.09. The standard InChI is InChI=1S/C17H28N2O/c1-13(2)19(11-15-6-8-18-9-7-15)12-16-10-14(3)4-5-17(16)20/h4-5,10,13,15,18,20H,6-9,11-12H2,1-3H3. The van der Waals surface area contributed by atoms with Crippen LogP contribution in [0.3, 0.4) is 0 Å². The highest BCUT2D eigenvalue weighted by Gasteiger charge is 2.19. The lowest BCUT2D eigenvalue weighted by Gasteiger charge is -2.33. The highest BCUT2D eigenvalue weighted by molar-refractivity contribution is 5.35. The lowest BCUT2D eigenvalue weighted by Crippen LogP contribution is -2.39. The van der Waals surface area contributed by atoms with Crippen LogP contribution in [0.15, 0.2) is 18.2 Å². The van der Waals surface area contributed by atoms with Crippen LogP contribution in [0, 0.1) is 12.8 Å². The van der Waals surface area contributed by atoms with E-state index in [4.69, 9.17) is 0 Å². The molecular formula is C17H28N2O. The summed E-state index contributed by atoms with van der Waals surface area (Å²) in [5.74, 6) is 1.21. The van der Waals surface area contributed by atoms with Crippen molar-refractivity contribution in [3.8, 4) is 5.75 Å². The molecule has 0 aromatic heterocycles. The highest BCUT2D eigenvalue weighted by Crippen LogP contribution is 2.23. The van der Waals surface area contributed by atoms with Gasteiger partial charge in [0.1, 0.15) is 5.75 Å². The quantitative estimate of drug-likeness (QED) is 0.868. The van der Waals surface area contributed by atoms with Gasteiger partial charge in [-0.1, -0.05) is 17.7 Å². The molecule has 3 nitrogen and oxygen atoms in total. The van der Waals surface area contributed by atoms with Crippen molar-refractivity contribution in [3.05, 3.63) is 29.3 Å². The monoisotopic (exact) mass is 276 g/mol. The number of aromatic hydroxyl groups is 1. The fourth-order valence-electron chi connectivity index (χ4n) is 2.91. The maximum absolute atomic E-state index is 10.0. The lowest BCUT2D eigenvalue weighted by molar-refractivity contribution is 0.160. The fourth-order valence-corrected chi connectivity index (χ4v) is 2.91. The maximum Gasteiger partial charge on any atom is 0.120 e. The Bertz CT molecular complexity index is 425. The molecule has 1 aliphatic rings. The molecule has 112 valence electrons. The zero-order chi connectivity index (χ0) is 14.5. The summed E-state index contributed by atoms with van der Waals surface area (Å²) in [6, 6.07) is 6.39. The van der Waals surface area contributed by atoms with Gasteiger partial charge in [0.25, 0.3) is 0 Å². The van der Waals surface area contributed by atoms with E-state index in [1.165, 1.54) is 18.4 Å². The Morgan fingerprint density at radius 3 is 2.65 bits per heavy atom. The molecule has 3 heteroatoms. The molecule has 20 heavy (non-hydrogen) atoms. The van der Waals surface area contributed by atoms with Crippen molar-refractivity contribution in [2.45, 2.75) is 46.2 Å². The molecule has 0 aliphatic carbocycles. The summed E-state index contributed by atoms with van der Waals surface area (Å²) in [6.45, 7) is 10.8. The SMILES string of the molecule is Cc1ccc(O)c(CN(CC2CCNCC2)C(C)C)c1. The molecule has 0 radical (unpaired) electrons. The van der Waals surface area contributed by atoms with E-state index >= 15 is 0 Å². The zero-order valence-electron chi connectivity index (χ0n) is 13.0. The van der Waals surface area contributed by atoms with Gasteiger partial charge in [-0.25, -0.2) is 0 Å². The summed E-state index contributed by atoms with van der Waals surface area (Å²) >= 11 is 0. The molecule has 1 fully saturated rings. The van der Waals surface area contributed by atoms with Gasteiger partial charge in [0.2, 0.25) is 0 Å². The number of hydrogen-bond donors (Lipinski definition) is 2. The molecule has 1 aromatic rings. The van der Waals surface area contributed by atoms with Gasteiger partial charge in [-0.3, -0.25) is 4.90 Å². The Hall–Kier alpha value is -1.06. The largest absolute Gasteiger partial charge is 0.508 e. The molecule has 1 saturated heterocycles. The first-order valence-corrected chi connectivity index (χ1v) is 7.79. The minimum Gasteiger partial charge on any atom is -0.508 e. The molecule has 0 atom stereocenters. The van der Waals surface area contributed by atoms with Crippen molar-refractivity contribution in [2.24, 2.45) is 5.92 Å². The number of hydrogen-bond acceptors (Lipinski definition) is 3. The summed E-state index contributed by atoms with van der Waals surface area (Å²) in [5, 5.41) is 13.5. The van der Waals surface area contributed by atoms with Crippen LogP contribution in [0.25, 0.3) is 0 Å². The number of aryl methyl sites for hydroxylation is 1. The number of phenolic OH excluding ortho intramolecular Hbond substituents is 1. The summed E-state index contributed by atoms with van der Waals surface area (Å²) in [5.41, 5.74) is 2.26. The van der Waals surface area contributed by atoms with Crippen LogP contribution in [0.4, 0.5) is 0 Å². The minimum absolute atomic E-state index is 0.423. The van der Waals surface area contributed by atoms with Gasteiger partial charge in [0.05, 0.1) is 0 Å². The molecule has 1 aliphatic heterocycles. The Kier molecular flexibility index (Phi) is 5.44. The van der Waals surface area contributed by atoms with Crippen LogP contribution in [-0.2, 0) is 6.54 Å². The van der Waals surface area contributed by atoms with Crippen LogP contribution in [0.5, 0.6) is 5.75 Å². The molecule has 1 aromatic carbocycles. The Morgan fingerprint density at radius 1 is 1.30 bits per heavy atom. The molecule has 0 saturated carbocycles.